The summed E-state index contributed by atoms with van der Waals surface area (Å²) in [4.78, 5) is 0. The fraction of sp³-hybridized carbons (Fsp3) is 0.571. The van der Waals surface area contributed by atoms with Crippen LogP contribution >= 0.6 is 0 Å². The summed E-state index contributed by atoms with van der Waals surface area (Å²) in [6.07, 6.45) is 0. The molecule has 0 spiro atoms. The normalized spacial score (nSPS) is 19.5. The van der Waals surface area contributed by atoms with Crippen LogP contribution in [-0.2, 0) is 4.74 Å². The van der Waals surface area contributed by atoms with Gasteiger partial charge in [0.15, 0.2) is 0 Å². The standard InChI is InChI=1S/C14H20O3/c1-11(7-15)12-3-5-13(6-4-12)17-10-14(2)8-16-9-14/h3-6,11,15H,7-10H2,1-2H3. The number of aliphatic hydroxyl groups is 1. The highest BCUT2D eigenvalue weighted by molar-refractivity contribution is 5.29. The molecule has 1 saturated heterocycles. The summed E-state index contributed by atoms with van der Waals surface area (Å²) >= 11 is 0. The number of ether oxygens (including phenoxy) is 2. The molecule has 17 heavy (non-hydrogen) atoms. The second-order valence-corrected chi connectivity index (χ2v) is 5.24. The zero-order chi connectivity index (χ0) is 12.3. The molecule has 1 aliphatic rings. The number of aliphatic hydroxyl groups excluding tert-OH is 1. The van der Waals surface area contributed by atoms with Gasteiger partial charge in [-0.15, -0.1) is 0 Å². The van der Waals surface area contributed by atoms with E-state index in [1.54, 1.807) is 0 Å². The van der Waals surface area contributed by atoms with Gasteiger partial charge >= 0.3 is 0 Å². The van der Waals surface area contributed by atoms with E-state index in [-0.39, 0.29) is 17.9 Å². The van der Waals surface area contributed by atoms with E-state index in [9.17, 15) is 0 Å². The average molecular weight is 236 g/mol. The van der Waals surface area contributed by atoms with Crippen LogP contribution in [0, 0.1) is 5.41 Å². The van der Waals surface area contributed by atoms with Gasteiger partial charge in [-0.2, -0.15) is 0 Å². The van der Waals surface area contributed by atoms with Gasteiger partial charge in [-0.25, -0.2) is 0 Å². The first kappa shape index (κ1) is 12.4. The molecule has 0 radical (unpaired) electrons. The molecule has 2 rings (SSSR count). The quantitative estimate of drug-likeness (QED) is 0.851. The summed E-state index contributed by atoms with van der Waals surface area (Å²) in [6.45, 7) is 6.61. The van der Waals surface area contributed by atoms with Crippen molar-refractivity contribution in [2.45, 2.75) is 19.8 Å². The topological polar surface area (TPSA) is 38.7 Å². The van der Waals surface area contributed by atoms with Crippen molar-refractivity contribution in [3.8, 4) is 5.75 Å². The Labute approximate surface area is 102 Å². The van der Waals surface area contributed by atoms with Crippen molar-refractivity contribution in [3.63, 3.8) is 0 Å². The maximum atomic E-state index is 9.06. The van der Waals surface area contributed by atoms with Crippen LogP contribution in [0.25, 0.3) is 0 Å². The smallest absolute Gasteiger partial charge is 0.119 e. The molecule has 0 saturated carbocycles. The summed E-state index contributed by atoms with van der Waals surface area (Å²) in [5, 5.41) is 9.06. The average Bonchev–Trinajstić information content (AvgIpc) is 2.33. The lowest BCUT2D eigenvalue weighted by Gasteiger charge is -2.37. The van der Waals surface area contributed by atoms with Crippen molar-refractivity contribution < 1.29 is 14.6 Å². The molecule has 94 valence electrons. The molecule has 0 amide bonds. The number of benzene rings is 1. The van der Waals surface area contributed by atoms with E-state index in [0.717, 1.165) is 24.5 Å². The molecule has 1 aromatic rings. The van der Waals surface area contributed by atoms with E-state index in [2.05, 4.69) is 6.92 Å². The first-order valence-electron chi connectivity index (χ1n) is 6.04. The second kappa shape index (κ2) is 5.07. The Balaban J connectivity index is 1.89. The molecule has 0 aliphatic carbocycles. The second-order valence-electron chi connectivity index (χ2n) is 5.24. The fourth-order valence-electron chi connectivity index (χ4n) is 1.79. The van der Waals surface area contributed by atoms with Crippen LogP contribution in [0.15, 0.2) is 24.3 Å². The van der Waals surface area contributed by atoms with Crippen molar-refractivity contribution in [2.24, 2.45) is 5.41 Å². The van der Waals surface area contributed by atoms with Gasteiger partial charge in [0.25, 0.3) is 0 Å². The van der Waals surface area contributed by atoms with Crippen molar-refractivity contribution in [1.29, 1.82) is 0 Å². The third-order valence-electron chi connectivity index (χ3n) is 3.21. The van der Waals surface area contributed by atoms with Crippen molar-refractivity contribution in [2.75, 3.05) is 26.4 Å². The summed E-state index contributed by atoms with van der Waals surface area (Å²) in [5.41, 5.74) is 1.31. The molecular formula is C14H20O3. The van der Waals surface area contributed by atoms with Crippen LogP contribution in [0.2, 0.25) is 0 Å². The van der Waals surface area contributed by atoms with Crippen molar-refractivity contribution >= 4 is 0 Å². The first-order valence-corrected chi connectivity index (χ1v) is 6.04. The van der Waals surface area contributed by atoms with Gasteiger partial charge in [0.1, 0.15) is 5.75 Å². The van der Waals surface area contributed by atoms with E-state index in [1.165, 1.54) is 0 Å². The summed E-state index contributed by atoms with van der Waals surface area (Å²) in [7, 11) is 0. The summed E-state index contributed by atoms with van der Waals surface area (Å²) in [5.74, 6) is 1.06. The minimum Gasteiger partial charge on any atom is -0.493 e. The summed E-state index contributed by atoms with van der Waals surface area (Å²) < 4.78 is 10.9. The molecule has 0 aromatic heterocycles. The number of hydrogen-bond acceptors (Lipinski definition) is 3. The maximum absolute atomic E-state index is 9.06. The van der Waals surface area contributed by atoms with Gasteiger partial charge in [0.2, 0.25) is 0 Å². The van der Waals surface area contributed by atoms with Gasteiger partial charge in [0.05, 0.1) is 19.8 Å². The predicted molar refractivity (Wildman–Crippen MR) is 66.4 cm³/mol. The van der Waals surface area contributed by atoms with Gasteiger partial charge in [0, 0.05) is 17.9 Å². The number of hydrogen-bond donors (Lipinski definition) is 1. The molecule has 1 fully saturated rings. The van der Waals surface area contributed by atoms with E-state index in [4.69, 9.17) is 14.6 Å². The number of rotatable bonds is 5. The molecular weight excluding hydrogens is 216 g/mol. The minimum atomic E-state index is 0.176. The highest BCUT2D eigenvalue weighted by Gasteiger charge is 2.34. The third kappa shape index (κ3) is 2.99. The lowest BCUT2D eigenvalue weighted by Crippen LogP contribution is -2.44. The lowest BCUT2D eigenvalue weighted by atomic mass is 9.90. The lowest BCUT2D eigenvalue weighted by molar-refractivity contribution is -0.120. The van der Waals surface area contributed by atoms with Gasteiger partial charge < -0.3 is 14.6 Å². The molecule has 1 aromatic carbocycles. The van der Waals surface area contributed by atoms with Crippen LogP contribution in [0.3, 0.4) is 0 Å². The maximum Gasteiger partial charge on any atom is 0.119 e. The van der Waals surface area contributed by atoms with Gasteiger partial charge in [-0.1, -0.05) is 26.0 Å². The van der Waals surface area contributed by atoms with E-state index in [0.29, 0.717) is 6.61 Å². The van der Waals surface area contributed by atoms with Crippen LogP contribution in [0.1, 0.15) is 25.3 Å². The predicted octanol–water partition coefficient (Wildman–Crippen LogP) is 2.20. The van der Waals surface area contributed by atoms with E-state index >= 15 is 0 Å². The molecule has 1 atom stereocenters. The zero-order valence-electron chi connectivity index (χ0n) is 10.5. The van der Waals surface area contributed by atoms with Crippen molar-refractivity contribution in [3.05, 3.63) is 29.8 Å². The third-order valence-corrected chi connectivity index (χ3v) is 3.21. The Morgan fingerprint density at radius 2 is 2.00 bits per heavy atom. The Hall–Kier alpha value is -1.06. The Bertz CT molecular complexity index is 354. The van der Waals surface area contributed by atoms with Gasteiger partial charge in [-0.05, 0) is 17.7 Å². The fourth-order valence-corrected chi connectivity index (χ4v) is 1.79. The van der Waals surface area contributed by atoms with Crippen LogP contribution in [0.5, 0.6) is 5.75 Å². The molecule has 1 N–H and O–H groups in total. The SMILES string of the molecule is CC(CO)c1ccc(OCC2(C)COC2)cc1. The monoisotopic (exact) mass is 236 g/mol. The Morgan fingerprint density at radius 3 is 2.47 bits per heavy atom. The molecule has 1 aliphatic heterocycles. The molecule has 3 nitrogen and oxygen atoms in total. The van der Waals surface area contributed by atoms with E-state index in [1.807, 2.05) is 31.2 Å². The van der Waals surface area contributed by atoms with Crippen LogP contribution in [0.4, 0.5) is 0 Å². The molecule has 1 unspecified atom stereocenters. The van der Waals surface area contributed by atoms with Crippen LogP contribution in [-0.4, -0.2) is 31.5 Å². The van der Waals surface area contributed by atoms with Crippen LogP contribution < -0.4 is 4.74 Å². The summed E-state index contributed by atoms with van der Waals surface area (Å²) in [6, 6.07) is 7.94. The Morgan fingerprint density at radius 1 is 1.35 bits per heavy atom. The zero-order valence-corrected chi connectivity index (χ0v) is 10.5. The van der Waals surface area contributed by atoms with Crippen molar-refractivity contribution in [1.82, 2.24) is 0 Å². The highest BCUT2D eigenvalue weighted by atomic mass is 16.5. The minimum absolute atomic E-state index is 0.176. The molecule has 0 bridgehead atoms. The largest absolute Gasteiger partial charge is 0.493 e. The highest BCUT2D eigenvalue weighted by Crippen LogP contribution is 2.28. The Kier molecular flexibility index (Phi) is 3.69. The van der Waals surface area contributed by atoms with E-state index < -0.39 is 0 Å². The van der Waals surface area contributed by atoms with Gasteiger partial charge in [-0.3, -0.25) is 0 Å². The molecule has 1 heterocycles. The first-order chi connectivity index (χ1) is 8.13. The molecule has 3 heteroatoms.